The van der Waals surface area contributed by atoms with E-state index in [1.165, 1.54) is 11.3 Å². The molecule has 0 aromatic carbocycles. The predicted molar refractivity (Wildman–Crippen MR) is 42.5 cm³/mol. The molecular formula is C8H5F2S. The fourth-order valence-corrected chi connectivity index (χ4v) is 1.22. The van der Waals surface area contributed by atoms with Gasteiger partial charge in [0.25, 0.3) is 6.08 Å². The first-order valence-corrected chi connectivity index (χ1v) is 3.74. The van der Waals surface area contributed by atoms with Gasteiger partial charge < -0.3 is 0 Å². The molecule has 0 aliphatic heterocycles. The second-order valence-electron chi connectivity index (χ2n) is 1.91. The Balaban J connectivity index is 2.80. The minimum absolute atomic E-state index is 0.322. The van der Waals surface area contributed by atoms with Crippen molar-refractivity contribution < 1.29 is 8.78 Å². The summed E-state index contributed by atoms with van der Waals surface area (Å²) in [5.74, 6) is 0. The van der Waals surface area contributed by atoms with E-state index in [-0.39, 0.29) is 0 Å². The molecule has 0 spiro atoms. The fraction of sp³-hybridized carbons (Fsp3) is 0. The molecule has 0 N–H and O–H groups in total. The molecule has 0 aliphatic carbocycles. The van der Waals surface area contributed by atoms with Crippen LogP contribution in [0.5, 0.6) is 0 Å². The molecule has 1 heterocycles. The van der Waals surface area contributed by atoms with Crippen LogP contribution in [0.1, 0.15) is 5.56 Å². The van der Waals surface area contributed by atoms with Gasteiger partial charge >= 0.3 is 0 Å². The van der Waals surface area contributed by atoms with Crippen LogP contribution in [0.3, 0.4) is 0 Å². The van der Waals surface area contributed by atoms with E-state index in [0.717, 1.165) is 6.08 Å². The third-order valence-electron chi connectivity index (χ3n) is 1.12. The highest BCUT2D eigenvalue weighted by Crippen LogP contribution is 2.18. The molecule has 1 aromatic rings. The summed E-state index contributed by atoms with van der Waals surface area (Å²) in [6.07, 6.45) is -0.975. The lowest BCUT2D eigenvalue weighted by atomic mass is 10.2. The fourth-order valence-electron chi connectivity index (χ4n) is 0.612. The smallest absolute Gasteiger partial charge is 0.173 e. The van der Waals surface area contributed by atoms with Crippen molar-refractivity contribution in [3.63, 3.8) is 0 Å². The van der Waals surface area contributed by atoms with Crippen LogP contribution in [0, 0.1) is 5.38 Å². The summed E-state index contributed by atoms with van der Waals surface area (Å²) < 4.78 is 23.3. The van der Waals surface area contributed by atoms with Crippen molar-refractivity contribution in [2.75, 3.05) is 0 Å². The van der Waals surface area contributed by atoms with E-state index >= 15 is 0 Å². The van der Waals surface area contributed by atoms with E-state index in [1.54, 1.807) is 11.4 Å². The molecule has 3 heteroatoms. The lowest BCUT2D eigenvalue weighted by Gasteiger charge is -1.91. The maximum atomic E-state index is 11.7. The number of hydrogen-bond acceptors (Lipinski definition) is 1. The Hall–Kier alpha value is -0.960. The minimum Gasteiger partial charge on any atom is -0.173 e. The molecule has 0 atom stereocenters. The number of allylic oxidation sites excluding steroid dienone is 2. The van der Waals surface area contributed by atoms with Crippen LogP contribution in [0.2, 0.25) is 0 Å². The number of halogens is 2. The Morgan fingerprint density at radius 1 is 1.64 bits per heavy atom. The molecule has 0 fully saturated rings. The van der Waals surface area contributed by atoms with E-state index in [2.05, 4.69) is 12.0 Å². The van der Waals surface area contributed by atoms with E-state index in [1.807, 2.05) is 0 Å². The highest BCUT2D eigenvalue weighted by atomic mass is 32.1. The summed E-state index contributed by atoms with van der Waals surface area (Å²) >= 11 is 1.34. The largest absolute Gasteiger partial charge is 0.270 e. The van der Waals surface area contributed by atoms with Crippen LogP contribution < -0.4 is 0 Å². The Morgan fingerprint density at radius 2 is 2.36 bits per heavy atom. The molecule has 0 nitrogen and oxygen atoms in total. The molecule has 0 saturated heterocycles. The summed E-state index contributed by atoms with van der Waals surface area (Å²) in [6.45, 7) is 3.47. The molecule has 57 valence electrons. The van der Waals surface area contributed by atoms with Gasteiger partial charge in [-0.3, -0.25) is 0 Å². The molecule has 1 aromatic heterocycles. The van der Waals surface area contributed by atoms with Crippen LogP contribution in [0.25, 0.3) is 5.57 Å². The zero-order chi connectivity index (χ0) is 8.27. The van der Waals surface area contributed by atoms with Gasteiger partial charge in [0.05, 0.1) is 0 Å². The molecule has 0 amide bonds. The quantitative estimate of drug-likeness (QED) is 0.598. The SMILES string of the molecule is C=C(C=C(F)F)c1c[c]sc1. The lowest BCUT2D eigenvalue weighted by Crippen LogP contribution is -1.71. The predicted octanol–water partition coefficient (Wildman–Crippen LogP) is 3.34. The average molecular weight is 171 g/mol. The van der Waals surface area contributed by atoms with Gasteiger partial charge in [-0.05, 0) is 22.6 Å². The summed E-state index contributed by atoms with van der Waals surface area (Å²) in [7, 11) is 0. The molecule has 0 saturated carbocycles. The van der Waals surface area contributed by atoms with E-state index in [9.17, 15) is 8.78 Å². The van der Waals surface area contributed by atoms with Crippen LogP contribution >= 0.6 is 11.3 Å². The van der Waals surface area contributed by atoms with Crippen LogP contribution in [0.15, 0.2) is 30.2 Å². The molecule has 0 aliphatic rings. The molecule has 0 unspecified atom stereocenters. The molecular weight excluding hydrogens is 166 g/mol. The second-order valence-corrected chi connectivity index (χ2v) is 2.62. The summed E-state index contributed by atoms with van der Waals surface area (Å²) in [5.41, 5.74) is 1.02. The Bertz CT molecular complexity index is 268. The topological polar surface area (TPSA) is 0 Å². The molecule has 1 rings (SSSR count). The van der Waals surface area contributed by atoms with Crippen LogP contribution in [-0.4, -0.2) is 0 Å². The highest BCUT2D eigenvalue weighted by Gasteiger charge is 1.97. The molecule has 1 radical (unpaired) electrons. The first-order valence-electron chi connectivity index (χ1n) is 2.86. The summed E-state index contributed by atoms with van der Waals surface area (Å²) in [4.78, 5) is 0. The summed E-state index contributed by atoms with van der Waals surface area (Å²) in [5, 5.41) is 4.51. The van der Waals surface area contributed by atoms with Gasteiger partial charge in [-0.2, -0.15) is 8.78 Å². The van der Waals surface area contributed by atoms with E-state index < -0.39 is 6.08 Å². The zero-order valence-corrected chi connectivity index (χ0v) is 6.42. The first-order chi connectivity index (χ1) is 5.20. The van der Waals surface area contributed by atoms with E-state index in [0.29, 0.717) is 11.1 Å². The van der Waals surface area contributed by atoms with Gasteiger partial charge in [-0.25, -0.2) is 0 Å². The van der Waals surface area contributed by atoms with Crippen LogP contribution in [0.4, 0.5) is 8.78 Å². The zero-order valence-electron chi connectivity index (χ0n) is 5.60. The van der Waals surface area contributed by atoms with Gasteiger partial charge in [0.1, 0.15) is 0 Å². The molecule has 11 heavy (non-hydrogen) atoms. The average Bonchev–Trinajstić information content (AvgIpc) is 2.35. The summed E-state index contributed by atoms with van der Waals surface area (Å²) in [6, 6.07) is 1.63. The van der Waals surface area contributed by atoms with Crippen LogP contribution in [-0.2, 0) is 0 Å². The maximum absolute atomic E-state index is 11.7. The maximum Gasteiger partial charge on any atom is 0.270 e. The second kappa shape index (κ2) is 3.44. The lowest BCUT2D eigenvalue weighted by molar-refractivity contribution is 0.422. The van der Waals surface area contributed by atoms with Gasteiger partial charge in [0.2, 0.25) is 0 Å². The van der Waals surface area contributed by atoms with Gasteiger partial charge in [-0.1, -0.05) is 6.58 Å². The third-order valence-corrected chi connectivity index (χ3v) is 1.75. The van der Waals surface area contributed by atoms with Crippen molar-refractivity contribution >= 4 is 16.9 Å². The Morgan fingerprint density at radius 3 is 2.82 bits per heavy atom. The standard InChI is InChI=1S/C8H5F2S/c1-6(4-8(9)10)7-2-3-11-5-7/h2,4-5H,1H2. The highest BCUT2D eigenvalue weighted by molar-refractivity contribution is 7.07. The third kappa shape index (κ3) is 2.27. The number of thiophene rings is 1. The normalized spacial score (nSPS) is 9.27. The number of rotatable bonds is 2. The molecule has 0 bridgehead atoms. The van der Waals surface area contributed by atoms with E-state index in [4.69, 9.17) is 0 Å². The minimum atomic E-state index is -1.72. The van der Waals surface area contributed by atoms with Crippen molar-refractivity contribution in [2.45, 2.75) is 0 Å². The van der Waals surface area contributed by atoms with Crippen molar-refractivity contribution in [1.29, 1.82) is 0 Å². The Labute approximate surface area is 67.5 Å². The number of hydrogen-bond donors (Lipinski definition) is 0. The van der Waals surface area contributed by atoms with Crippen molar-refractivity contribution in [1.82, 2.24) is 0 Å². The Kier molecular flexibility index (Phi) is 2.54. The van der Waals surface area contributed by atoms with Crippen molar-refractivity contribution in [2.24, 2.45) is 0 Å². The van der Waals surface area contributed by atoms with Gasteiger partial charge in [0.15, 0.2) is 0 Å². The van der Waals surface area contributed by atoms with Crippen molar-refractivity contribution in [3.05, 3.63) is 41.1 Å². The van der Waals surface area contributed by atoms with Gasteiger partial charge in [0, 0.05) is 11.5 Å². The monoisotopic (exact) mass is 171 g/mol. The van der Waals surface area contributed by atoms with Crippen molar-refractivity contribution in [3.8, 4) is 0 Å². The first kappa shape index (κ1) is 8.14. The van der Waals surface area contributed by atoms with Gasteiger partial charge in [-0.15, -0.1) is 11.3 Å².